The number of benzene rings is 2. The minimum atomic E-state index is 0. The molecule has 3 N–H and O–H groups in total. The van der Waals surface area contributed by atoms with Crippen LogP contribution in [0.15, 0.2) is 48.5 Å². The first kappa shape index (κ1) is 20.2. The molecule has 7 heteroatoms. The lowest BCUT2D eigenvalue weighted by atomic mass is 9.88. The largest absolute Gasteiger partial charge is 0.338 e. The first-order valence-corrected chi connectivity index (χ1v) is 8.27. The second-order valence-corrected chi connectivity index (χ2v) is 6.38. The van der Waals surface area contributed by atoms with Gasteiger partial charge in [0.25, 0.3) is 0 Å². The molecule has 0 radical (unpaired) electrons. The molecule has 3 aromatic rings. The number of hydrogen-bond donors (Lipinski definition) is 3. The van der Waals surface area contributed by atoms with Crippen molar-refractivity contribution in [3.05, 3.63) is 48.5 Å². The number of carbonyl (C=O) groups excluding carboxylic acids is 1. The summed E-state index contributed by atoms with van der Waals surface area (Å²) >= 11 is 0. The third-order valence-corrected chi connectivity index (χ3v) is 4.73. The number of aromatic amines is 1. The fraction of sp³-hybridized carbons (Fsp3) is 0.263. The molecule has 1 fully saturated rings. The number of imidazole rings is 1. The molecule has 0 aliphatic carbocycles. The summed E-state index contributed by atoms with van der Waals surface area (Å²) < 4.78 is 0. The molecule has 1 saturated heterocycles. The van der Waals surface area contributed by atoms with Gasteiger partial charge in [0.1, 0.15) is 5.82 Å². The number of halogens is 2. The zero-order chi connectivity index (χ0) is 16.5. The number of nitrogens with zero attached hydrogens (tertiary/aromatic N) is 1. The number of rotatable bonds is 4. The van der Waals surface area contributed by atoms with Crippen LogP contribution in [-0.2, 0) is 4.79 Å². The molecular formula is C19H22Cl2N4O. The van der Waals surface area contributed by atoms with Gasteiger partial charge in [-0.25, -0.2) is 4.98 Å². The van der Waals surface area contributed by atoms with E-state index in [0.29, 0.717) is 5.92 Å². The molecule has 2 heterocycles. The van der Waals surface area contributed by atoms with Crippen LogP contribution in [0.2, 0.25) is 0 Å². The molecule has 1 aliphatic rings. The van der Waals surface area contributed by atoms with Crippen molar-refractivity contribution in [2.45, 2.75) is 6.92 Å². The third kappa shape index (κ3) is 4.01. The van der Waals surface area contributed by atoms with Crippen LogP contribution in [0.1, 0.15) is 6.92 Å². The predicted molar refractivity (Wildman–Crippen MR) is 110 cm³/mol. The number of para-hydroxylation sites is 2. The van der Waals surface area contributed by atoms with Crippen molar-refractivity contribution in [1.29, 1.82) is 0 Å². The van der Waals surface area contributed by atoms with Crippen molar-refractivity contribution in [2.24, 2.45) is 11.8 Å². The molecular weight excluding hydrogens is 371 g/mol. The monoisotopic (exact) mass is 392 g/mol. The molecule has 26 heavy (non-hydrogen) atoms. The maximum absolute atomic E-state index is 12.4. The van der Waals surface area contributed by atoms with E-state index in [2.05, 4.69) is 20.6 Å². The van der Waals surface area contributed by atoms with E-state index in [1.165, 1.54) is 0 Å². The second kappa shape index (κ2) is 8.54. The topological polar surface area (TPSA) is 69.8 Å². The van der Waals surface area contributed by atoms with E-state index < -0.39 is 0 Å². The molecule has 0 bridgehead atoms. The fourth-order valence-corrected chi connectivity index (χ4v) is 2.97. The van der Waals surface area contributed by atoms with E-state index in [4.69, 9.17) is 0 Å². The highest BCUT2D eigenvalue weighted by Gasteiger charge is 2.28. The van der Waals surface area contributed by atoms with Crippen LogP contribution in [0, 0.1) is 11.8 Å². The van der Waals surface area contributed by atoms with Crippen LogP contribution in [0.4, 0.5) is 5.69 Å². The number of amides is 1. The van der Waals surface area contributed by atoms with Gasteiger partial charge < -0.3 is 15.6 Å². The Labute approximate surface area is 164 Å². The Balaban J connectivity index is 0.00000121. The summed E-state index contributed by atoms with van der Waals surface area (Å²) in [5, 5.41) is 6.24. The van der Waals surface area contributed by atoms with Gasteiger partial charge in [0.05, 0.1) is 11.0 Å². The van der Waals surface area contributed by atoms with Crippen LogP contribution in [-0.4, -0.2) is 29.0 Å². The number of fused-ring (bicyclic) bond motifs is 1. The lowest BCUT2D eigenvalue weighted by molar-refractivity contribution is -0.121. The number of aromatic nitrogens is 2. The molecule has 1 aromatic heterocycles. The van der Waals surface area contributed by atoms with Gasteiger partial charge in [0.2, 0.25) is 5.91 Å². The molecule has 138 valence electrons. The van der Waals surface area contributed by atoms with Gasteiger partial charge in [0, 0.05) is 17.2 Å². The SMILES string of the molecule is CC(C(=O)Nc1cccc(-c2nc3ccccc3[nH]2)c1)C1CNC1.Cl.Cl. The van der Waals surface area contributed by atoms with Gasteiger partial charge in [-0.05, 0) is 43.3 Å². The van der Waals surface area contributed by atoms with Gasteiger partial charge in [-0.2, -0.15) is 0 Å². The molecule has 1 atom stereocenters. The Morgan fingerprint density at radius 3 is 2.62 bits per heavy atom. The molecule has 0 spiro atoms. The van der Waals surface area contributed by atoms with Crippen molar-refractivity contribution >= 4 is 47.4 Å². The van der Waals surface area contributed by atoms with Gasteiger partial charge in [-0.1, -0.05) is 31.2 Å². The number of anilines is 1. The van der Waals surface area contributed by atoms with Crippen LogP contribution >= 0.6 is 24.8 Å². The highest BCUT2D eigenvalue weighted by molar-refractivity contribution is 5.93. The van der Waals surface area contributed by atoms with E-state index >= 15 is 0 Å². The van der Waals surface area contributed by atoms with E-state index in [0.717, 1.165) is 41.2 Å². The molecule has 5 nitrogen and oxygen atoms in total. The number of carbonyl (C=O) groups is 1. The van der Waals surface area contributed by atoms with Crippen LogP contribution < -0.4 is 10.6 Å². The summed E-state index contributed by atoms with van der Waals surface area (Å²) in [6.45, 7) is 3.84. The van der Waals surface area contributed by atoms with Crippen molar-refractivity contribution in [3.8, 4) is 11.4 Å². The fourth-order valence-electron chi connectivity index (χ4n) is 2.97. The number of hydrogen-bond acceptors (Lipinski definition) is 3. The average molecular weight is 393 g/mol. The quantitative estimate of drug-likeness (QED) is 0.630. The predicted octanol–water partition coefficient (Wildman–Crippen LogP) is 3.87. The highest BCUT2D eigenvalue weighted by Crippen LogP contribution is 2.24. The maximum Gasteiger partial charge on any atom is 0.227 e. The van der Waals surface area contributed by atoms with Gasteiger partial charge in [-0.3, -0.25) is 4.79 Å². The number of nitrogens with one attached hydrogen (secondary N) is 3. The standard InChI is InChI=1S/C19H20N4O.2ClH/c1-12(14-10-20-11-14)19(24)21-15-6-4-5-13(9-15)18-22-16-7-2-3-8-17(16)23-18;;/h2-9,12,14,20H,10-11H2,1H3,(H,21,24)(H,22,23);2*1H. The Morgan fingerprint density at radius 1 is 1.15 bits per heavy atom. The Kier molecular flexibility index (Phi) is 6.64. The van der Waals surface area contributed by atoms with Crippen molar-refractivity contribution in [1.82, 2.24) is 15.3 Å². The van der Waals surface area contributed by atoms with Crippen molar-refractivity contribution in [2.75, 3.05) is 18.4 Å². The summed E-state index contributed by atoms with van der Waals surface area (Å²) in [6.07, 6.45) is 0. The minimum absolute atomic E-state index is 0. The summed E-state index contributed by atoms with van der Waals surface area (Å²) in [5.41, 5.74) is 3.71. The van der Waals surface area contributed by atoms with Crippen LogP contribution in [0.25, 0.3) is 22.4 Å². The molecule has 1 unspecified atom stereocenters. The summed E-state index contributed by atoms with van der Waals surface area (Å²) in [5.74, 6) is 1.33. The van der Waals surface area contributed by atoms with E-state index in [1.54, 1.807) is 0 Å². The Hall–Kier alpha value is -2.08. The normalized spacial score (nSPS) is 14.7. The van der Waals surface area contributed by atoms with Crippen molar-refractivity contribution in [3.63, 3.8) is 0 Å². The molecule has 2 aromatic carbocycles. The zero-order valence-electron chi connectivity index (χ0n) is 14.4. The minimum Gasteiger partial charge on any atom is -0.338 e. The Morgan fingerprint density at radius 2 is 1.92 bits per heavy atom. The maximum atomic E-state index is 12.4. The number of H-pyrrole nitrogens is 1. The zero-order valence-corrected chi connectivity index (χ0v) is 16.0. The molecule has 4 rings (SSSR count). The van der Waals surface area contributed by atoms with Gasteiger partial charge >= 0.3 is 0 Å². The first-order chi connectivity index (χ1) is 11.7. The van der Waals surface area contributed by atoms with Crippen molar-refractivity contribution < 1.29 is 4.79 Å². The summed E-state index contributed by atoms with van der Waals surface area (Å²) in [6, 6.07) is 15.7. The summed E-state index contributed by atoms with van der Waals surface area (Å²) in [4.78, 5) is 20.3. The molecule has 1 amide bonds. The average Bonchev–Trinajstić information content (AvgIpc) is 2.97. The lowest BCUT2D eigenvalue weighted by Crippen LogP contribution is -2.48. The third-order valence-electron chi connectivity index (χ3n) is 4.73. The van der Waals surface area contributed by atoms with Gasteiger partial charge in [0.15, 0.2) is 0 Å². The lowest BCUT2D eigenvalue weighted by Gasteiger charge is -2.31. The van der Waals surface area contributed by atoms with E-state index in [9.17, 15) is 4.79 Å². The first-order valence-electron chi connectivity index (χ1n) is 8.27. The molecule has 1 aliphatic heterocycles. The highest BCUT2D eigenvalue weighted by atomic mass is 35.5. The van der Waals surface area contributed by atoms with Gasteiger partial charge in [-0.15, -0.1) is 24.8 Å². The summed E-state index contributed by atoms with van der Waals surface area (Å²) in [7, 11) is 0. The van der Waals surface area contributed by atoms with Crippen LogP contribution in [0.5, 0.6) is 0 Å². The van der Waals surface area contributed by atoms with E-state index in [-0.39, 0.29) is 36.6 Å². The second-order valence-electron chi connectivity index (χ2n) is 6.38. The van der Waals surface area contributed by atoms with E-state index in [1.807, 2.05) is 55.5 Å². The Bertz CT molecular complexity index is 859. The smallest absolute Gasteiger partial charge is 0.227 e. The molecule has 0 saturated carbocycles. The van der Waals surface area contributed by atoms with Crippen LogP contribution in [0.3, 0.4) is 0 Å².